The van der Waals surface area contributed by atoms with Crippen molar-refractivity contribution in [3.63, 3.8) is 0 Å². The molecular formula is C13H22ClNOSi. The molecule has 0 N–H and O–H groups in total. The van der Waals surface area contributed by atoms with Gasteiger partial charge in [-0.25, -0.2) is 0 Å². The summed E-state index contributed by atoms with van der Waals surface area (Å²) >= 11 is 5.79. The molecule has 0 aromatic carbocycles. The average molecular weight is 272 g/mol. The first-order valence-corrected chi connectivity index (χ1v) is 9.25. The molecule has 96 valence electrons. The van der Waals surface area contributed by atoms with E-state index >= 15 is 0 Å². The zero-order chi connectivity index (χ0) is 13.1. The van der Waals surface area contributed by atoms with Crippen molar-refractivity contribution in [1.82, 2.24) is 4.98 Å². The zero-order valence-electron chi connectivity index (χ0n) is 11.4. The highest BCUT2D eigenvalue weighted by molar-refractivity contribution is 6.74. The summed E-state index contributed by atoms with van der Waals surface area (Å²) in [5.41, 5.74) is 1.04. The number of aromatic nitrogens is 1. The molecule has 2 nitrogen and oxygen atoms in total. The van der Waals surface area contributed by atoms with Crippen molar-refractivity contribution in [3.05, 3.63) is 29.0 Å². The minimum absolute atomic E-state index is 0.264. The smallest absolute Gasteiger partial charge is 0.191 e. The molecule has 0 bridgehead atoms. The van der Waals surface area contributed by atoms with E-state index in [1.165, 1.54) is 0 Å². The molecule has 0 saturated heterocycles. The number of hydrogen-bond acceptors (Lipinski definition) is 2. The molecule has 0 spiro atoms. The van der Waals surface area contributed by atoms with Gasteiger partial charge in [0, 0.05) is 24.9 Å². The Morgan fingerprint density at radius 2 is 1.94 bits per heavy atom. The lowest BCUT2D eigenvalue weighted by Crippen LogP contribution is -2.41. The molecule has 0 aliphatic carbocycles. The molecular weight excluding hydrogens is 250 g/mol. The molecule has 0 radical (unpaired) electrons. The lowest BCUT2D eigenvalue weighted by atomic mass is 10.2. The molecule has 0 aliphatic rings. The highest BCUT2D eigenvalue weighted by atomic mass is 35.5. The second kappa shape index (κ2) is 5.51. The van der Waals surface area contributed by atoms with E-state index in [1.54, 1.807) is 6.20 Å². The number of rotatable bonds is 4. The number of nitrogens with zero attached hydrogens (tertiary/aromatic N) is 1. The maximum atomic E-state index is 6.09. The quantitative estimate of drug-likeness (QED) is 0.762. The van der Waals surface area contributed by atoms with Gasteiger partial charge >= 0.3 is 0 Å². The Bertz CT molecular complexity index is 357. The van der Waals surface area contributed by atoms with Crippen LogP contribution in [0, 0.1) is 0 Å². The Hall–Kier alpha value is -0.383. The van der Waals surface area contributed by atoms with Crippen LogP contribution in [0.3, 0.4) is 0 Å². The van der Waals surface area contributed by atoms with Crippen LogP contribution in [-0.4, -0.2) is 19.9 Å². The Morgan fingerprint density at radius 3 is 2.41 bits per heavy atom. The third kappa shape index (κ3) is 4.41. The van der Waals surface area contributed by atoms with Crippen LogP contribution in [0.1, 0.15) is 26.5 Å². The lowest BCUT2D eigenvalue weighted by molar-refractivity contribution is 0.291. The molecule has 0 fully saturated rings. The number of pyridine rings is 1. The molecule has 0 saturated carbocycles. The van der Waals surface area contributed by atoms with Crippen molar-refractivity contribution < 1.29 is 4.43 Å². The third-order valence-electron chi connectivity index (χ3n) is 3.42. The van der Waals surface area contributed by atoms with Gasteiger partial charge in [-0.2, -0.15) is 0 Å². The first kappa shape index (κ1) is 14.7. The van der Waals surface area contributed by atoms with E-state index in [4.69, 9.17) is 16.0 Å². The van der Waals surface area contributed by atoms with Crippen LogP contribution in [0.5, 0.6) is 0 Å². The largest absolute Gasteiger partial charge is 0.416 e. The molecule has 17 heavy (non-hydrogen) atoms. The summed E-state index contributed by atoms with van der Waals surface area (Å²) in [6.07, 6.45) is 2.53. The van der Waals surface area contributed by atoms with Crippen molar-refractivity contribution in [3.8, 4) is 0 Å². The van der Waals surface area contributed by atoms with Crippen molar-refractivity contribution in [1.29, 1.82) is 0 Å². The third-order valence-corrected chi connectivity index (χ3v) is 8.18. The van der Waals surface area contributed by atoms with Gasteiger partial charge in [-0.05, 0) is 30.3 Å². The van der Waals surface area contributed by atoms with E-state index in [9.17, 15) is 0 Å². The fourth-order valence-electron chi connectivity index (χ4n) is 1.18. The monoisotopic (exact) mass is 271 g/mol. The Morgan fingerprint density at radius 1 is 1.29 bits per heavy atom. The summed E-state index contributed by atoms with van der Waals surface area (Å²) in [4.78, 5) is 4.26. The standard InChI is InChI=1S/C13H22ClNOSi/c1-13(2,3)17(4,5)16-9-8-12-7-6-11(14)10-15-12/h6-7,10H,8-9H2,1-5H3. The average Bonchev–Trinajstić information content (AvgIpc) is 2.19. The number of halogens is 1. The SMILES string of the molecule is CC(C)(C)[Si](C)(C)OCCc1ccc(Cl)cn1. The molecule has 1 aromatic heterocycles. The molecule has 1 heterocycles. The maximum Gasteiger partial charge on any atom is 0.191 e. The van der Waals surface area contributed by atoms with Crippen LogP contribution in [0.4, 0.5) is 0 Å². The van der Waals surface area contributed by atoms with Gasteiger partial charge in [0.2, 0.25) is 0 Å². The van der Waals surface area contributed by atoms with E-state index in [0.29, 0.717) is 5.02 Å². The van der Waals surface area contributed by atoms with Crippen LogP contribution in [0.2, 0.25) is 23.2 Å². The summed E-state index contributed by atoms with van der Waals surface area (Å²) in [5.74, 6) is 0. The summed E-state index contributed by atoms with van der Waals surface area (Å²) in [6.45, 7) is 12.0. The summed E-state index contributed by atoms with van der Waals surface area (Å²) in [6, 6.07) is 3.83. The van der Waals surface area contributed by atoms with Gasteiger partial charge in [0.1, 0.15) is 0 Å². The lowest BCUT2D eigenvalue weighted by Gasteiger charge is -2.36. The van der Waals surface area contributed by atoms with Gasteiger partial charge in [-0.15, -0.1) is 0 Å². The molecule has 1 rings (SSSR count). The van der Waals surface area contributed by atoms with Gasteiger partial charge < -0.3 is 4.43 Å². The first-order valence-electron chi connectivity index (χ1n) is 5.97. The topological polar surface area (TPSA) is 22.1 Å². The van der Waals surface area contributed by atoms with Crippen molar-refractivity contribution in [2.45, 2.75) is 45.3 Å². The van der Waals surface area contributed by atoms with Gasteiger partial charge in [0.05, 0.1) is 5.02 Å². The first-order chi connectivity index (χ1) is 7.72. The predicted octanol–water partition coefficient (Wildman–Crippen LogP) is 4.30. The van der Waals surface area contributed by atoms with Crippen molar-refractivity contribution in [2.24, 2.45) is 0 Å². The molecule has 0 amide bonds. The fourth-order valence-corrected chi connectivity index (χ4v) is 2.34. The van der Waals surface area contributed by atoms with Gasteiger partial charge in [-0.3, -0.25) is 4.98 Å². The number of hydrogen-bond donors (Lipinski definition) is 0. The molecule has 0 aliphatic heterocycles. The van der Waals surface area contributed by atoms with Crippen LogP contribution in [0.15, 0.2) is 18.3 Å². The van der Waals surface area contributed by atoms with Gasteiger partial charge in [0.25, 0.3) is 0 Å². The van der Waals surface area contributed by atoms with E-state index < -0.39 is 8.32 Å². The molecule has 0 atom stereocenters. The summed E-state index contributed by atoms with van der Waals surface area (Å²) in [5, 5.41) is 0.944. The van der Waals surface area contributed by atoms with Gasteiger partial charge in [0.15, 0.2) is 8.32 Å². The minimum Gasteiger partial charge on any atom is -0.416 e. The van der Waals surface area contributed by atoms with Crippen molar-refractivity contribution in [2.75, 3.05) is 6.61 Å². The normalized spacial score (nSPS) is 12.8. The molecule has 4 heteroatoms. The molecule has 0 unspecified atom stereocenters. The summed E-state index contributed by atoms with van der Waals surface area (Å²) < 4.78 is 6.09. The van der Waals surface area contributed by atoms with Crippen LogP contribution >= 0.6 is 11.6 Å². The van der Waals surface area contributed by atoms with E-state index in [0.717, 1.165) is 18.7 Å². The Labute approximate surface area is 110 Å². The predicted molar refractivity (Wildman–Crippen MR) is 76.1 cm³/mol. The second-order valence-corrected chi connectivity index (χ2v) is 11.1. The zero-order valence-corrected chi connectivity index (χ0v) is 13.1. The fraction of sp³-hybridized carbons (Fsp3) is 0.615. The summed E-state index contributed by atoms with van der Waals surface area (Å²) in [7, 11) is -1.62. The molecule has 1 aromatic rings. The van der Waals surface area contributed by atoms with E-state index in [1.807, 2.05) is 12.1 Å². The minimum atomic E-state index is -1.62. The van der Waals surface area contributed by atoms with Gasteiger partial charge in [-0.1, -0.05) is 32.4 Å². The second-order valence-electron chi connectivity index (χ2n) is 5.83. The van der Waals surface area contributed by atoms with E-state index in [2.05, 4.69) is 38.8 Å². The van der Waals surface area contributed by atoms with E-state index in [-0.39, 0.29) is 5.04 Å². The van der Waals surface area contributed by atoms with Crippen LogP contribution in [0.25, 0.3) is 0 Å². The van der Waals surface area contributed by atoms with Crippen LogP contribution in [-0.2, 0) is 10.8 Å². The highest BCUT2D eigenvalue weighted by Crippen LogP contribution is 2.36. The highest BCUT2D eigenvalue weighted by Gasteiger charge is 2.36. The Kier molecular flexibility index (Phi) is 4.75. The van der Waals surface area contributed by atoms with Crippen LogP contribution < -0.4 is 0 Å². The van der Waals surface area contributed by atoms with Crippen molar-refractivity contribution >= 4 is 19.9 Å². The maximum absolute atomic E-state index is 6.09. The Balaban J connectivity index is 2.45.